The number of anilines is 1. The molecule has 1 N–H and O–H groups in total. The average molecular weight is 405 g/mol. The Morgan fingerprint density at radius 2 is 1.75 bits per heavy atom. The second kappa shape index (κ2) is 10.5. The van der Waals surface area contributed by atoms with Crippen LogP contribution in [0.4, 0.5) is 5.00 Å². The zero-order valence-corrected chi connectivity index (χ0v) is 16.9. The van der Waals surface area contributed by atoms with Crippen LogP contribution in [-0.2, 0) is 20.7 Å². The number of thiophene rings is 1. The maximum Gasteiger partial charge on any atom is 0.342 e. The zero-order chi connectivity index (χ0) is 20.5. The third-order valence-electron chi connectivity index (χ3n) is 3.70. The molecule has 0 aliphatic heterocycles. The van der Waals surface area contributed by atoms with Gasteiger partial charge in [0.1, 0.15) is 16.3 Å². The highest BCUT2D eigenvalue weighted by atomic mass is 32.1. The summed E-state index contributed by atoms with van der Waals surface area (Å²) in [7, 11) is 0. The van der Waals surface area contributed by atoms with Gasteiger partial charge in [-0.05, 0) is 38.0 Å². The molecule has 0 saturated carbocycles. The van der Waals surface area contributed by atoms with Crippen molar-refractivity contribution < 1.29 is 28.6 Å². The van der Waals surface area contributed by atoms with Crippen molar-refractivity contribution in [3.63, 3.8) is 0 Å². The first-order valence-electron chi connectivity index (χ1n) is 8.97. The van der Waals surface area contributed by atoms with Crippen molar-refractivity contribution >= 4 is 34.2 Å². The van der Waals surface area contributed by atoms with Crippen LogP contribution in [0.5, 0.6) is 5.75 Å². The molecule has 2 rings (SSSR count). The summed E-state index contributed by atoms with van der Waals surface area (Å²) in [6.07, 6.45) is 0.859. The standard InChI is InChI=1S/C20H23NO6S/c1-4-13-8-7-9-14(10-13)27-11-16(22)21-18-17(20(24)26-6-3)15(12-28-18)19(23)25-5-2/h7-10,12H,4-6,11H2,1-3H3,(H,21,22). The monoisotopic (exact) mass is 405 g/mol. The van der Waals surface area contributed by atoms with Crippen LogP contribution >= 0.6 is 11.3 Å². The molecule has 1 aromatic heterocycles. The van der Waals surface area contributed by atoms with Crippen LogP contribution in [-0.4, -0.2) is 37.7 Å². The van der Waals surface area contributed by atoms with Crippen LogP contribution in [0.25, 0.3) is 0 Å². The van der Waals surface area contributed by atoms with E-state index in [1.54, 1.807) is 19.9 Å². The molecule has 0 aliphatic rings. The minimum atomic E-state index is -0.696. The van der Waals surface area contributed by atoms with Crippen LogP contribution in [0.15, 0.2) is 29.6 Å². The zero-order valence-electron chi connectivity index (χ0n) is 16.1. The Hall–Kier alpha value is -2.87. The third-order valence-corrected chi connectivity index (χ3v) is 4.59. The molecule has 28 heavy (non-hydrogen) atoms. The van der Waals surface area contributed by atoms with Gasteiger partial charge in [-0.3, -0.25) is 4.79 Å². The molecule has 1 amide bonds. The molecule has 0 radical (unpaired) electrons. The van der Waals surface area contributed by atoms with Gasteiger partial charge < -0.3 is 19.5 Å². The molecule has 2 aromatic rings. The van der Waals surface area contributed by atoms with Crippen molar-refractivity contribution in [2.45, 2.75) is 27.2 Å². The number of benzene rings is 1. The molecule has 7 nitrogen and oxygen atoms in total. The highest BCUT2D eigenvalue weighted by Gasteiger charge is 2.26. The summed E-state index contributed by atoms with van der Waals surface area (Å²) in [5.41, 5.74) is 1.16. The first-order chi connectivity index (χ1) is 13.5. The van der Waals surface area contributed by atoms with Crippen molar-refractivity contribution in [2.24, 2.45) is 0 Å². The van der Waals surface area contributed by atoms with E-state index < -0.39 is 17.8 Å². The summed E-state index contributed by atoms with van der Waals surface area (Å²) in [6, 6.07) is 7.46. The molecule has 0 unspecified atom stereocenters. The molecule has 1 heterocycles. The normalized spacial score (nSPS) is 10.2. The highest BCUT2D eigenvalue weighted by Crippen LogP contribution is 2.30. The molecule has 0 fully saturated rings. The molecular weight excluding hydrogens is 382 g/mol. The Labute approximate surface area is 167 Å². The maximum atomic E-state index is 12.3. The fourth-order valence-corrected chi connectivity index (χ4v) is 3.32. The van der Waals surface area contributed by atoms with Gasteiger partial charge in [0.2, 0.25) is 0 Å². The molecule has 8 heteroatoms. The first kappa shape index (κ1) is 21.4. The topological polar surface area (TPSA) is 90.9 Å². The van der Waals surface area contributed by atoms with E-state index in [2.05, 4.69) is 5.32 Å². The van der Waals surface area contributed by atoms with Crippen molar-refractivity contribution in [1.29, 1.82) is 0 Å². The molecule has 150 valence electrons. The lowest BCUT2D eigenvalue weighted by atomic mass is 10.2. The van der Waals surface area contributed by atoms with Crippen molar-refractivity contribution in [1.82, 2.24) is 0 Å². The van der Waals surface area contributed by atoms with Gasteiger partial charge in [0.05, 0.1) is 18.8 Å². The molecule has 0 bridgehead atoms. The Morgan fingerprint density at radius 3 is 2.43 bits per heavy atom. The third kappa shape index (κ3) is 5.56. The van der Waals surface area contributed by atoms with Gasteiger partial charge in [-0.15, -0.1) is 11.3 Å². The lowest BCUT2D eigenvalue weighted by Gasteiger charge is -2.10. The van der Waals surface area contributed by atoms with Gasteiger partial charge in [-0.25, -0.2) is 9.59 Å². The molecular formula is C20H23NO6S. The molecule has 0 aliphatic carbocycles. The minimum absolute atomic E-state index is 0.00775. The Kier molecular flexibility index (Phi) is 8.01. The smallest absolute Gasteiger partial charge is 0.342 e. The van der Waals surface area contributed by atoms with E-state index in [0.29, 0.717) is 5.75 Å². The quantitative estimate of drug-likeness (QED) is 0.640. The largest absolute Gasteiger partial charge is 0.484 e. The SMILES string of the molecule is CCOC(=O)c1csc(NC(=O)COc2cccc(CC)c2)c1C(=O)OCC. The van der Waals surface area contributed by atoms with E-state index in [-0.39, 0.29) is 35.9 Å². The number of aryl methyl sites for hydroxylation is 1. The first-order valence-corrected chi connectivity index (χ1v) is 9.85. The summed E-state index contributed by atoms with van der Waals surface area (Å²) in [5, 5.41) is 4.30. The number of amides is 1. The van der Waals surface area contributed by atoms with E-state index in [9.17, 15) is 14.4 Å². The van der Waals surface area contributed by atoms with Crippen LogP contribution < -0.4 is 10.1 Å². The lowest BCUT2D eigenvalue weighted by molar-refractivity contribution is -0.118. The lowest BCUT2D eigenvalue weighted by Crippen LogP contribution is -2.22. The van der Waals surface area contributed by atoms with E-state index in [4.69, 9.17) is 14.2 Å². The van der Waals surface area contributed by atoms with Crippen LogP contribution in [0, 0.1) is 0 Å². The summed E-state index contributed by atoms with van der Waals surface area (Å²) in [6.45, 7) is 5.43. The van der Waals surface area contributed by atoms with E-state index >= 15 is 0 Å². The van der Waals surface area contributed by atoms with Crippen molar-refractivity contribution in [3.8, 4) is 5.75 Å². The van der Waals surface area contributed by atoms with Crippen LogP contribution in [0.2, 0.25) is 0 Å². The number of hydrogen-bond donors (Lipinski definition) is 1. The molecule has 0 atom stereocenters. The van der Waals surface area contributed by atoms with Crippen LogP contribution in [0.1, 0.15) is 47.1 Å². The Morgan fingerprint density at radius 1 is 1.04 bits per heavy atom. The second-order valence-corrected chi connectivity index (χ2v) is 6.51. The van der Waals surface area contributed by atoms with Gasteiger partial charge in [-0.1, -0.05) is 19.1 Å². The predicted molar refractivity (Wildman–Crippen MR) is 106 cm³/mol. The predicted octanol–water partition coefficient (Wildman–Crippen LogP) is 3.68. The number of ether oxygens (including phenoxy) is 3. The van der Waals surface area contributed by atoms with E-state index in [1.165, 1.54) is 5.38 Å². The van der Waals surface area contributed by atoms with Gasteiger partial charge in [-0.2, -0.15) is 0 Å². The van der Waals surface area contributed by atoms with Crippen LogP contribution in [0.3, 0.4) is 0 Å². The Bertz CT molecular complexity index is 845. The van der Waals surface area contributed by atoms with E-state index in [1.807, 2.05) is 25.1 Å². The van der Waals surface area contributed by atoms with Gasteiger partial charge in [0, 0.05) is 5.38 Å². The fourth-order valence-electron chi connectivity index (χ4n) is 2.38. The summed E-state index contributed by atoms with van der Waals surface area (Å²) < 4.78 is 15.5. The Balaban J connectivity index is 2.12. The number of esters is 2. The summed E-state index contributed by atoms with van der Waals surface area (Å²) in [5.74, 6) is -1.21. The van der Waals surface area contributed by atoms with Gasteiger partial charge in [0.15, 0.2) is 6.61 Å². The average Bonchev–Trinajstić information content (AvgIpc) is 3.10. The molecule has 0 spiro atoms. The molecule has 0 saturated heterocycles. The number of nitrogens with one attached hydrogen (secondary N) is 1. The van der Waals surface area contributed by atoms with Gasteiger partial charge in [0.25, 0.3) is 5.91 Å². The molecule has 1 aromatic carbocycles. The van der Waals surface area contributed by atoms with Gasteiger partial charge >= 0.3 is 11.9 Å². The van der Waals surface area contributed by atoms with E-state index in [0.717, 1.165) is 23.3 Å². The minimum Gasteiger partial charge on any atom is -0.484 e. The van der Waals surface area contributed by atoms with Crippen molar-refractivity contribution in [3.05, 3.63) is 46.3 Å². The fraction of sp³-hybridized carbons (Fsp3) is 0.350. The summed E-state index contributed by atoms with van der Waals surface area (Å²) >= 11 is 1.05. The number of carbonyl (C=O) groups is 3. The number of hydrogen-bond acceptors (Lipinski definition) is 7. The van der Waals surface area contributed by atoms with Crippen molar-refractivity contribution in [2.75, 3.05) is 25.1 Å². The number of carbonyl (C=O) groups excluding carboxylic acids is 3. The second-order valence-electron chi connectivity index (χ2n) is 5.63. The highest BCUT2D eigenvalue weighted by molar-refractivity contribution is 7.15. The maximum absolute atomic E-state index is 12.3. The summed E-state index contributed by atoms with van der Waals surface area (Å²) in [4.78, 5) is 36.6. The number of rotatable bonds is 9.